The van der Waals surface area contributed by atoms with Gasteiger partial charge in [-0.15, -0.1) is 0 Å². The number of likely N-dealkylation sites (tertiary alicyclic amines) is 1. The fourth-order valence-corrected chi connectivity index (χ4v) is 3.57. The molecule has 0 unspecified atom stereocenters. The Kier molecular flexibility index (Phi) is 5.51. The van der Waals surface area contributed by atoms with Crippen LogP contribution in [0.4, 0.5) is 13.2 Å². The van der Waals surface area contributed by atoms with Gasteiger partial charge in [-0.25, -0.2) is 0 Å². The summed E-state index contributed by atoms with van der Waals surface area (Å²) in [6.45, 7) is 7.46. The molecule has 124 valence electrons. The van der Waals surface area contributed by atoms with Gasteiger partial charge < -0.3 is 10.6 Å². The summed E-state index contributed by atoms with van der Waals surface area (Å²) in [5.74, 6) is 0. The minimum Gasteiger partial charge on any atom is -0.329 e. The van der Waals surface area contributed by atoms with Gasteiger partial charge in [-0.05, 0) is 32.5 Å². The smallest absolute Gasteiger partial charge is 0.329 e. The van der Waals surface area contributed by atoms with Crippen LogP contribution in [0, 0.1) is 0 Å². The van der Waals surface area contributed by atoms with Crippen LogP contribution in [-0.4, -0.2) is 85.3 Å². The summed E-state index contributed by atoms with van der Waals surface area (Å²) in [6, 6.07) is 0. The third-order valence-electron chi connectivity index (χ3n) is 5.06. The van der Waals surface area contributed by atoms with E-state index >= 15 is 0 Å². The lowest BCUT2D eigenvalue weighted by Crippen LogP contribution is -2.64. The van der Waals surface area contributed by atoms with Crippen molar-refractivity contribution in [1.29, 1.82) is 0 Å². The van der Waals surface area contributed by atoms with Crippen LogP contribution in [0.25, 0.3) is 0 Å². The summed E-state index contributed by atoms with van der Waals surface area (Å²) in [6.07, 6.45) is -2.05. The van der Waals surface area contributed by atoms with E-state index in [0.717, 1.165) is 32.5 Å². The number of nitrogens with two attached hydrogens (primary N) is 1. The van der Waals surface area contributed by atoms with E-state index in [9.17, 15) is 13.2 Å². The predicted molar refractivity (Wildman–Crippen MR) is 77.2 cm³/mol. The first-order chi connectivity index (χ1) is 9.88. The molecule has 2 aliphatic heterocycles. The maximum absolute atomic E-state index is 12.4. The van der Waals surface area contributed by atoms with E-state index in [4.69, 9.17) is 5.73 Å². The van der Waals surface area contributed by atoms with Gasteiger partial charge >= 0.3 is 6.18 Å². The minimum absolute atomic E-state index is 0.00398. The monoisotopic (exact) mass is 308 g/mol. The first-order valence-corrected chi connectivity index (χ1v) is 7.85. The van der Waals surface area contributed by atoms with E-state index in [0.29, 0.717) is 32.7 Å². The molecule has 0 aliphatic carbocycles. The van der Waals surface area contributed by atoms with Crippen LogP contribution in [0.15, 0.2) is 0 Å². The zero-order valence-electron chi connectivity index (χ0n) is 12.8. The van der Waals surface area contributed by atoms with Crippen LogP contribution in [0.3, 0.4) is 0 Å². The molecule has 0 aromatic carbocycles. The topological polar surface area (TPSA) is 35.7 Å². The van der Waals surface area contributed by atoms with Crippen LogP contribution < -0.4 is 5.73 Å². The van der Waals surface area contributed by atoms with Gasteiger partial charge in [0.2, 0.25) is 0 Å². The van der Waals surface area contributed by atoms with Crippen molar-refractivity contribution in [3.63, 3.8) is 0 Å². The lowest BCUT2D eigenvalue weighted by Gasteiger charge is -2.51. The Morgan fingerprint density at radius 1 is 0.952 bits per heavy atom. The second-order valence-electron chi connectivity index (χ2n) is 6.24. The minimum atomic E-state index is -4.10. The summed E-state index contributed by atoms with van der Waals surface area (Å²) in [5.41, 5.74) is 6.03. The van der Waals surface area contributed by atoms with Gasteiger partial charge in [-0.3, -0.25) is 9.80 Å². The fraction of sp³-hybridized carbons (Fsp3) is 1.00. The van der Waals surface area contributed by atoms with Gasteiger partial charge in [0.25, 0.3) is 0 Å². The quantitative estimate of drug-likeness (QED) is 0.840. The number of alkyl halides is 3. The van der Waals surface area contributed by atoms with Crippen molar-refractivity contribution in [2.45, 2.75) is 31.5 Å². The highest BCUT2D eigenvalue weighted by Gasteiger charge is 2.40. The summed E-state index contributed by atoms with van der Waals surface area (Å²) in [7, 11) is 0. The Bertz CT molecular complexity index is 319. The second kappa shape index (κ2) is 6.81. The molecule has 0 atom stereocenters. The predicted octanol–water partition coefficient (Wildman–Crippen LogP) is 0.980. The fourth-order valence-electron chi connectivity index (χ4n) is 3.57. The zero-order chi connectivity index (χ0) is 15.5. The van der Waals surface area contributed by atoms with Crippen molar-refractivity contribution in [3.05, 3.63) is 0 Å². The maximum atomic E-state index is 12.4. The molecule has 21 heavy (non-hydrogen) atoms. The Balaban J connectivity index is 1.88. The molecule has 0 spiro atoms. The highest BCUT2D eigenvalue weighted by atomic mass is 19.4. The van der Waals surface area contributed by atoms with E-state index in [1.54, 1.807) is 0 Å². The van der Waals surface area contributed by atoms with E-state index in [-0.39, 0.29) is 5.54 Å². The van der Waals surface area contributed by atoms with E-state index in [2.05, 4.69) is 16.7 Å². The van der Waals surface area contributed by atoms with Crippen molar-refractivity contribution in [2.75, 3.05) is 58.9 Å². The number of halogens is 3. The standard InChI is InChI=1S/C14H27F3N4/c1-2-19-5-3-13(11-18,4-6-19)21-9-7-20(8-10-21)12-14(15,16)17/h2-12,18H2,1H3. The molecule has 0 amide bonds. The first kappa shape index (κ1) is 17.0. The van der Waals surface area contributed by atoms with Gasteiger partial charge in [0, 0.05) is 38.3 Å². The summed E-state index contributed by atoms with van der Waals surface area (Å²) >= 11 is 0. The summed E-state index contributed by atoms with van der Waals surface area (Å²) in [5, 5.41) is 0. The number of rotatable bonds is 4. The highest BCUT2D eigenvalue weighted by Crippen LogP contribution is 2.29. The van der Waals surface area contributed by atoms with Crippen molar-refractivity contribution in [2.24, 2.45) is 5.73 Å². The molecule has 2 N–H and O–H groups in total. The molecule has 2 rings (SSSR count). The van der Waals surface area contributed by atoms with Crippen molar-refractivity contribution in [1.82, 2.24) is 14.7 Å². The van der Waals surface area contributed by atoms with Crippen molar-refractivity contribution >= 4 is 0 Å². The molecular weight excluding hydrogens is 281 g/mol. The second-order valence-corrected chi connectivity index (χ2v) is 6.24. The van der Waals surface area contributed by atoms with Gasteiger partial charge in [0.15, 0.2) is 0 Å². The number of nitrogens with zero attached hydrogens (tertiary/aromatic N) is 3. The molecule has 4 nitrogen and oxygen atoms in total. The molecule has 0 aromatic rings. The largest absolute Gasteiger partial charge is 0.401 e. The molecular formula is C14H27F3N4. The average Bonchev–Trinajstić information content (AvgIpc) is 2.46. The Hall–Kier alpha value is -0.370. The molecule has 0 bridgehead atoms. The molecule has 0 saturated carbocycles. The molecule has 2 heterocycles. The SMILES string of the molecule is CCN1CCC(CN)(N2CCN(CC(F)(F)F)CC2)CC1. The normalized spacial score (nSPS) is 26.1. The number of hydrogen-bond acceptors (Lipinski definition) is 4. The molecule has 0 radical (unpaired) electrons. The zero-order valence-corrected chi connectivity index (χ0v) is 12.8. The summed E-state index contributed by atoms with van der Waals surface area (Å²) < 4.78 is 37.3. The number of hydrogen-bond donors (Lipinski definition) is 1. The maximum Gasteiger partial charge on any atom is 0.401 e. The van der Waals surface area contributed by atoms with Gasteiger partial charge in [-0.2, -0.15) is 13.2 Å². The van der Waals surface area contributed by atoms with Crippen LogP contribution in [0.1, 0.15) is 19.8 Å². The number of piperazine rings is 1. The van der Waals surface area contributed by atoms with E-state index < -0.39 is 12.7 Å². The van der Waals surface area contributed by atoms with Crippen LogP contribution in [-0.2, 0) is 0 Å². The van der Waals surface area contributed by atoms with Crippen LogP contribution in [0.5, 0.6) is 0 Å². The highest BCUT2D eigenvalue weighted by molar-refractivity contribution is 4.98. The van der Waals surface area contributed by atoms with Crippen molar-refractivity contribution < 1.29 is 13.2 Å². The van der Waals surface area contributed by atoms with Crippen LogP contribution in [0.2, 0.25) is 0 Å². The Morgan fingerprint density at radius 3 is 1.95 bits per heavy atom. The van der Waals surface area contributed by atoms with E-state index in [1.807, 2.05) is 0 Å². The van der Waals surface area contributed by atoms with Crippen molar-refractivity contribution in [3.8, 4) is 0 Å². The summed E-state index contributed by atoms with van der Waals surface area (Å²) in [4.78, 5) is 6.25. The lowest BCUT2D eigenvalue weighted by atomic mass is 9.85. The van der Waals surface area contributed by atoms with Gasteiger partial charge in [0.1, 0.15) is 0 Å². The molecule has 0 aromatic heterocycles. The van der Waals surface area contributed by atoms with E-state index in [1.165, 1.54) is 4.90 Å². The molecule has 2 fully saturated rings. The Labute approximate surface area is 125 Å². The van der Waals surface area contributed by atoms with Crippen LogP contribution >= 0.6 is 0 Å². The van der Waals surface area contributed by atoms with Gasteiger partial charge in [-0.1, -0.05) is 6.92 Å². The third kappa shape index (κ3) is 4.31. The number of piperidine rings is 1. The van der Waals surface area contributed by atoms with Gasteiger partial charge in [0.05, 0.1) is 6.54 Å². The molecule has 2 aliphatic rings. The molecule has 7 heteroatoms. The third-order valence-corrected chi connectivity index (χ3v) is 5.06. The average molecular weight is 308 g/mol. The molecule has 2 saturated heterocycles. The lowest BCUT2D eigenvalue weighted by molar-refractivity contribution is -0.151. The first-order valence-electron chi connectivity index (χ1n) is 7.85. The Morgan fingerprint density at radius 2 is 1.52 bits per heavy atom.